The molecule has 114 valence electrons. The quantitative estimate of drug-likeness (QED) is 0.810. The van der Waals surface area contributed by atoms with E-state index in [9.17, 15) is 4.79 Å². The Labute approximate surface area is 128 Å². The van der Waals surface area contributed by atoms with Crippen molar-refractivity contribution < 1.29 is 4.79 Å². The number of halogens is 1. The minimum absolute atomic E-state index is 0. The van der Waals surface area contributed by atoms with Crippen LogP contribution in [0.5, 0.6) is 0 Å². The zero-order chi connectivity index (χ0) is 14.3. The molecule has 0 saturated carbocycles. The second-order valence-electron chi connectivity index (χ2n) is 5.50. The van der Waals surface area contributed by atoms with Crippen LogP contribution in [0.25, 0.3) is 0 Å². The van der Waals surface area contributed by atoms with Crippen LogP contribution in [0.4, 0.5) is 0 Å². The standard InChI is InChI=1S/C16H26N2O.ClH/c1-4-8-14(17)16(19)18-15(11-12(2)3)13-9-6-5-7-10-13;/h5-7,9-10,12,14-15H,4,8,11,17H2,1-3H3,(H,18,19);1H. The maximum atomic E-state index is 12.1. The highest BCUT2D eigenvalue weighted by Gasteiger charge is 2.19. The third-order valence-corrected chi connectivity index (χ3v) is 3.16. The second kappa shape index (κ2) is 9.78. The van der Waals surface area contributed by atoms with E-state index in [0.717, 1.165) is 24.8 Å². The van der Waals surface area contributed by atoms with Gasteiger partial charge in [0, 0.05) is 0 Å². The molecular formula is C16H27ClN2O. The van der Waals surface area contributed by atoms with E-state index in [-0.39, 0.29) is 24.4 Å². The van der Waals surface area contributed by atoms with Gasteiger partial charge in [-0.1, -0.05) is 57.5 Å². The zero-order valence-electron chi connectivity index (χ0n) is 12.6. The van der Waals surface area contributed by atoms with Crippen molar-refractivity contribution in [2.24, 2.45) is 11.7 Å². The maximum absolute atomic E-state index is 12.1. The van der Waals surface area contributed by atoms with E-state index in [1.54, 1.807) is 0 Å². The van der Waals surface area contributed by atoms with Crippen LogP contribution in [0.1, 0.15) is 51.6 Å². The molecule has 0 aliphatic heterocycles. The number of benzene rings is 1. The van der Waals surface area contributed by atoms with Crippen molar-refractivity contribution in [3.8, 4) is 0 Å². The van der Waals surface area contributed by atoms with Crippen molar-refractivity contribution in [1.29, 1.82) is 0 Å². The summed E-state index contributed by atoms with van der Waals surface area (Å²) in [5.41, 5.74) is 7.02. The lowest BCUT2D eigenvalue weighted by molar-refractivity contribution is -0.123. The molecule has 1 rings (SSSR count). The largest absolute Gasteiger partial charge is 0.348 e. The first-order valence-corrected chi connectivity index (χ1v) is 7.15. The van der Waals surface area contributed by atoms with Gasteiger partial charge in [-0.25, -0.2) is 0 Å². The highest BCUT2D eigenvalue weighted by Crippen LogP contribution is 2.21. The van der Waals surface area contributed by atoms with Gasteiger partial charge in [0.25, 0.3) is 0 Å². The first-order valence-electron chi connectivity index (χ1n) is 7.15. The fourth-order valence-electron chi connectivity index (χ4n) is 2.16. The van der Waals surface area contributed by atoms with Gasteiger partial charge in [-0.05, 0) is 24.3 Å². The van der Waals surface area contributed by atoms with Crippen molar-refractivity contribution in [3.63, 3.8) is 0 Å². The Kier molecular flexibility index (Phi) is 9.26. The van der Waals surface area contributed by atoms with Crippen LogP contribution in [-0.2, 0) is 4.79 Å². The number of carbonyl (C=O) groups is 1. The summed E-state index contributed by atoms with van der Waals surface area (Å²) in [6, 6.07) is 9.75. The van der Waals surface area contributed by atoms with Gasteiger partial charge in [-0.3, -0.25) is 4.79 Å². The third-order valence-electron chi connectivity index (χ3n) is 3.16. The summed E-state index contributed by atoms with van der Waals surface area (Å²) >= 11 is 0. The molecule has 0 aliphatic carbocycles. The molecule has 2 atom stereocenters. The fourth-order valence-corrected chi connectivity index (χ4v) is 2.16. The molecule has 1 aromatic carbocycles. The van der Waals surface area contributed by atoms with Crippen LogP contribution >= 0.6 is 12.4 Å². The van der Waals surface area contributed by atoms with E-state index in [0.29, 0.717) is 5.92 Å². The summed E-state index contributed by atoms with van der Waals surface area (Å²) in [5, 5.41) is 3.09. The van der Waals surface area contributed by atoms with E-state index in [1.807, 2.05) is 25.1 Å². The molecule has 0 saturated heterocycles. The number of nitrogens with two attached hydrogens (primary N) is 1. The summed E-state index contributed by atoms with van der Waals surface area (Å²) in [5.74, 6) is 0.476. The highest BCUT2D eigenvalue weighted by atomic mass is 35.5. The predicted octanol–water partition coefficient (Wildman–Crippen LogP) is 3.44. The van der Waals surface area contributed by atoms with E-state index in [4.69, 9.17) is 5.73 Å². The van der Waals surface area contributed by atoms with Crippen LogP contribution in [0.15, 0.2) is 30.3 Å². The molecule has 2 unspecified atom stereocenters. The van der Waals surface area contributed by atoms with E-state index < -0.39 is 6.04 Å². The van der Waals surface area contributed by atoms with Crippen molar-refractivity contribution in [1.82, 2.24) is 5.32 Å². The number of carbonyl (C=O) groups excluding carboxylic acids is 1. The minimum atomic E-state index is -0.400. The lowest BCUT2D eigenvalue weighted by atomic mass is 9.96. The molecule has 0 fully saturated rings. The predicted molar refractivity (Wildman–Crippen MR) is 86.9 cm³/mol. The summed E-state index contributed by atoms with van der Waals surface area (Å²) in [4.78, 5) is 12.1. The number of hydrogen-bond acceptors (Lipinski definition) is 2. The SMILES string of the molecule is CCCC(N)C(=O)NC(CC(C)C)c1ccccc1.Cl. The average Bonchev–Trinajstić information content (AvgIpc) is 2.38. The molecule has 0 spiro atoms. The smallest absolute Gasteiger partial charge is 0.237 e. The Morgan fingerprint density at radius 3 is 2.35 bits per heavy atom. The van der Waals surface area contributed by atoms with Crippen molar-refractivity contribution in [2.75, 3.05) is 0 Å². The summed E-state index contributed by atoms with van der Waals surface area (Å²) in [6.45, 7) is 6.36. The fraction of sp³-hybridized carbons (Fsp3) is 0.562. The maximum Gasteiger partial charge on any atom is 0.237 e. The van der Waals surface area contributed by atoms with Crippen LogP contribution in [0.3, 0.4) is 0 Å². The number of rotatable bonds is 7. The third kappa shape index (κ3) is 6.40. The molecule has 1 amide bonds. The van der Waals surface area contributed by atoms with Gasteiger partial charge in [0.2, 0.25) is 5.91 Å². The molecule has 0 aromatic heterocycles. The van der Waals surface area contributed by atoms with Crippen molar-refractivity contribution >= 4 is 18.3 Å². The van der Waals surface area contributed by atoms with Gasteiger partial charge in [-0.15, -0.1) is 12.4 Å². The van der Waals surface area contributed by atoms with Gasteiger partial charge < -0.3 is 11.1 Å². The average molecular weight is 299 g/mol. The Morgan fingerprint density at radius 2 is 1.85 bits per heavy atom. The van der Waals surface area contributed by atoms with Crippen molar-refractivity contribution in [3.05, 3.63) is 35.9 Å². The molecule has 0 heterocycles. The topological polar surface area (TPSA) is 55.1 Å². The van der Waals surface area contributed by atoms with Gasteiger partial charge >= 0.3 is 0 Å². The number of amides is 1. The summed E-state index contributed by atoms with van der Waals surface area (Å²) < 4.78 is 0. The van der Waals surface area contributed by atoms with E-state index in [2.05, 4.69) is 31.3 Å². The normalized spacial score (nSPS) is 13.4. The lowest BCUT2D eigenvalue weighted by Gasteiger charge is -2.23. The minimum Gasteiger partial charge on any atom is -0.348 e. The molecule has 20 heavy (non-hydrogen) atoms. The number of nitrogens with one attached hydrogen (secondary N) is 1. The summed E-state index contributed by atoms with van der Waals surface area (Å²) in [6.07, 6.45) is 2.58. The van der Waals surface area contributed by atoms with E-state index >= 15 is 0 Å². The van der Waals surface area contributed by atoms with Gasteiger partial charge in [-0.2, -0.15) is 0 Å². The molecule has 0 bridgehead atoms. The van der Waals surface area contributed by atoms with Crippen LogP contribution in [-0.4, -0.2) is 11.9 Å². The highest BCUT2D eigenvalue weighted by molar-refractivity contribution is 5.85. The Morgan fingerprint density at radius 1 is 1.25 bits per heavy atom. The Balaban J connectivity index is 0.00000361. The van der Waals surface area contributed by atoms with Gasteiger partial charge in [0.15, 0.2) is 0 Å². The summed E-state index contributed by atoms with van der Waals surface area (Å²) in [7, 11) is 0. The van der Waals surface area contributed by atoms with Crippen LogP contribution in [0.2, 0.25) is 0 Å². The molecule has 3 nitrogen and oxygen atoms in total. The van der Waals surface area contributed by atoms with Crippen molar-refractivity contribution in [2.45, 2.75) is 52.1 Å². The number of hydrogen-bond donors (Lipinski definition) is 2. The molecule has 4 heteroatoms. The molecular weight excluding hydrogens is 272 g/mol. The Hall–Kier alpha value is -1.06. The lowest BCUT2D eigenvalue weighted by Crippen LogP contribution is -2.42. The molecule has 1 aromatic rings. The second-order valence-corrected chi connectivity index (χ2v) is 5.50. The molecule has 0 radical (unpaired) electrons. The monoisotopic (exact) mass is 298 g/mol. The van der Waals surface area contributed by atoms with Crippen LogP contribution in [0, 0.1) is 5.92 Å². The molecule has 0 aliphatic rings. The van der Waals surface area contributed by atoms with Gasteiger partial charge in [0.05, 0.1) is 12.1 Å². The van der Waals surface area contributed by atoms with Crippen LogP contribution < -0.4 is 11.1 Å². The zero-order valence-corrected chi connectivity index (χ0v) is 13.5. The molecule has 3 N–H and O–H groups in total. The van der Waals surface area contributed by atoms with Gasteiger partial charge in [0.1, 0.15) is 0 Å². The first-order chi connectivity index (χ1) is 9.04. The first kappa shape index (κ1) is 18.9. The Bertz CT molecular complexity index is 381. The van der Waals surface area contributed by atoms with E-state index in [1.165, 1.54) is 0 Å².